The van der Waals surface area contributed by atoms with Gasteiger partial charge in [0.2, 0.25) is 0 Å². The lowest BCUT2D eigenvalue weighted by Gasteiger charge is -2.46. The summed E-state index contributed by atoms with van der Waals surface area (Å²) < 4.78 is 32.7. The number of β-lactam (4-membered cyclic amide) rings is 1. The first-order valence-electron chi connectivity index (χ1n) is 7.36. The molecule has 1 heterocycles. The first kappa shape index (κ1) is 16.1. The van der Waals surface area contributed by atoms with Crippen LogP contribution in [0.2, 0.25) is 0 Å². The Morgan fingerprint density at radius 3 is 2.33 bits per heavy atom. The van der Waals surface area contributed by atoms with Gasteiger partial charge in [0.05, 0.1) is 12.7 Å². The molecule has 1 aliphatic heterocycles. The maximum Gasteiger partial charge on any atom is 0.348 e. The molecule has 3 rings (SSSR count). The average Bonchev–Trinajstić information content (AvgIpc) is 2.61. The molecule has 0 bridgehead atoms. The van der Waals surface area contributed by atoms with E-state index in [1.54, 1.807) is 24.3 Å². The molecule has 1 amide bonds. The normalized spacial score (nSPS) is 18.9. The number of alkyl halides is 2. The van der Waals surface area contributed by atoms with Crippen molar-refractivity contribution in [3.63, 3.8) is 0 Å². The van der Waals surface area contributed by atoms with Crippen molar-refractivity contribution in [2.24, 2.45) is 0 Å². The number of carbonyl (C=O) groups is 2. The summed E-state index contributed by atoms with van der Waals surface area (Å²) in [6.45, 7) is 0.110. The lowest BCUT2D eigenvalue weighted by molar-refractivity contribution is -0.207. The summed E-state index contributed by atoms with van der Waals surface area (Å²) in [4.78, 5) is 24.4. The maximum atomic E-state index is 14.1. The Balaban J connectivity index is 1.86. The van der Waals surface area contributed by atoms with Crippen LogP contribution in [-0.4, -0.2) is 29.8 Å². The topological polar surface area (TPSA) is 46.6 Å². The molecule has 0 aromatic heterocycles. The Labute approximate surface area is 137 Å². The molecule has 0 saturated carbocycles. The number of hydrogen-bond acceptors (Lipinski definition) is 3. The van der Waals surface area contributed by atoms with Crippen molar-refractivity contribution in [3.05, 3.63) is 71.3 Å². The molecule has 1 atom stereocenters. The van der Waals surface area contributed by atoms with Gasteiger partial charge in [-0.1, -0.05) is 42.5 Å². The van der Waals surface area contributed by atoms with Crippen LogP contribution in [0.25, 0.3) is 0 Å². The highest BCUT2D eigenvalue weighted by molar-refractivity contribution is 5.92. The van der Waals surface area contributed by atoms with Crippen LogP contribution in [0.1, 0.15) is 27.5 Å². The minimum atomic E-state index is -3.44. The first-order valence-corrected chi connectivity index (χ1v) is 7.36. The minimum Gasteiger partial charge on any atom is -0.465 e. The van der Waals surface area contributed by atoms with Gasteiger partial charge in [-0.05, 0) is 23.3 Å². The second-order valence-corrected chi connectivity index (χ2v) is 5.56. The van der Waals surface area contributed by atoms with Gasteiger partial charge >= 0.3 is 11.9 Å². The van der Waals surface area contributed by atoms with Crippen LogP contribution in [0.4, 0.5) is 8.78 Å². The number of benzene rings is 2. The molecule has 24 heavy (non-hydrogen) atoms. The van der Waals surface area contributed by atoms with Crippen molar-refractivity contribution in [2.45, 2.75) is 18.5 Å². The van der Waals surface area contributed by atoms with Crippen LogP contribution in [0.15, 0.2) is 54.6 Å². The molecule has 1 fully saturated rings. The smallest absolute Gasteiger partial charge is 0.348 e. The summed E-state index contributed by atoms with van der Waals surface area (Å²) in [6, 6.07) is 13.3. The zero-order valence-corrected chi connectivity index (χ0v) is 12.9. The first-order chi connectivity index (χ1) is 11.4. The zero-order chi connectivity index (χ0) is 17.3. The SMILES string of the molecule is COC(=O)c1ccc(C2N(Cc3ccccc3)C(=O)C2(F)F)cc1. The number of hydrogen-bond donors (Lipinski definition) is 0. The quantitative estimate of drug-likeness (QED) is 0.638. The predicted molar refractivity (Wildman–Crippen MR) is 82.5 cm³/mol. The van der Waals surface area contributed by atoms with Gasteiger partial charge in [-0.2, -0.15) is 8.78 Å². The van der Waals surface area contributed by atoms with Crippen molar-refractivity contribution < 1.29 is 23.1 Å². The Bertz CT molecular complexity index is 760. The number of amides is 1. The van der Waals surface area contributed by atoms with E-state index in [9.17, 15) is 18.4 Å². The number of methoxy groups -OCH3 is 1. The van der Waals surface area contributed by atoms with Crippen LogP contribution in [0.5, 0.6) is 0 Å². The third-order valence-corrected chi connectivity index (χ3v) is 4.04. The van der Waals surface area contributed by atoms with Crippen molar-refractivity contribution in [3.8, 4) is 0 Å². The van der Waals surface area contributed by atoms with Crippen LogP contribution < -0.4 is 0 Å². The van der Waals surface area contributed by atoms with E-state index < -0.39 is 23.8 Å². The highest BCUT2D eigenvalue weighted by Crippen LogP contribution is 2.48. The van der Waals surface area contributed by atoms with Crippen molar-refractivity contribution >= 4 is 11.9 Å². The van der Waals surface area contributed by atoms with Crippen LogP contribution >= 0.6 is 0 Å². The van der Waals surface area contributed by atoms with Gasteiger partial charge in [-0.15, -0.1) is 0 Å². The maximum absolute atomic E-state index is 14.1. The molecule has 4 nitrogen and oxygen atoms in total. The molecular weight excluding hydrogens is 316 g/mol. The van der Waals surface area contributed by atoms with Crippen molar-refractivity contribution in [1.82, 2.24) is 4.90 Å². The Morgan fingerprint density at radius 2 is 1.75 bits per heavy atom. The third-order valence-electron chi connectivity index (χ3n) is 4.04. The fourth-order valence-corrected chi connectivity index (χ4v) is 2.81. The summed E-state index contributed by atoms with van der Waals surface area (Å²) in [6.07, 6.45) is 0. The van der Waals surface area contributed by atoms with Crippen molar-refractivity contribution in [1.29, 1.82) is 0 Å². The average molecular weight is 331 g/mol. The Hall–Kier alpha value is -2.76. The van der Waals surface area contributed by atoms with E-state index in [0.29, 0.717) is 0 Å². The van der Waals surface area contributed by atoms with E-state index in [2.05, 4.69) is 4.74 Å². The number of esters is 1. The van der Waals surface area contributed by atoms with E-state index in [4.69, 9.17) is 0 Å². The molecule has 6 heteroatoms. The summed E-state index contributed by atoms with van der Waals surface area (Å²) in [5.41, 5.74) is 1.32. The summed E-state index contributed by atoms with van der Waals surface area (Å²) in [7, 11) is 1.25. The minimum absolute atomic E-state index is 0.110. The Morgan fingerprint density at radius 1 is 1.12 bits per heavy atom. The lowest BCUT2D eigenvalue weighted by atomic mass is 9.88. The number of ether oxygens (including phenoxy) is 1. The summed E-state index contributed by atoms with van der Waals surface area (Å²) in [5.74, 6) is -5.17. The van der Waals surface area contributed by atoms with Gasteiger partial charge in [0.15, 0.2) is 0 Å². The van der Waals surface area contributed by atoms with Crippen LogP contribution in [-0.2, 0) is 16.1 Å². The second kappa shape index (κ2) is 6.03. The summed E-state index contributed by atoms with van der Waals surface area (Å²) >= 11 is 0. The number of likely N-dealkylation sites (tertiary alicyclic amines) is 1. The number of rotatable bonds is 4. The van der Waals surface area contributed by atoms with Gasteiger partial charge in [0, 0.05) is 6.54 Å². The monoisotopic (exact) mass is 331 g/mol. The highest BCUT2D eigenvalue weighted by Gasteiger charge is 2.63. The lowest BCUT2D eigenvalue weighted by Crippen LogP contribution is -2.63. The molecule has 0 radical (unpaired) electrons. The van der Waals surface area contributed by atoms with Gasteiger partial charge in [0.1, 0.15) is 6.04 Å². The molecule has 0 spiro atoms. The van der Waals surface area contributed by atoms with Crippen LogP contribution in [0, 0.1) is 0 Å². The molecule has 0 aliphatic carbocycles. The molecule has 1 unspecified atom stereocenters. The van der Waals surface area contributed by atoms with Crippen LogP contribution in [0.3, 0.4) is 0 Å². The van der Waals surface area contributed by atoms with Crippen molar-refractivity contribution in [2.75, 3.05) is 7.11 Å². The fraction of sp³-hybridized carbons (Fsp3) is 0.222. The molecule has 124 valence electrons. The second-order valence-electron chi connectivity index (χ2n) is 5.56. The number of halogens is 2. The molecule has 1 saturated heterocycles. The van der Waals surface area contributed by atoms with E-state index >= 15 is 0 Å². The van der Waals surface area contributed by atoms with Gasteiger partial charge in [-0.25, -0.2) is 4.79 Å². The fourth-order valence-electron chi connectivity index (χ4n) is 2.81. The Kier molecular flexibility index (Phi) is 4.05. The molecular formula is C18H15F2NO3. The van der Waals surface area contributed by atoms with Gasteiger partial charge < -0.3 is 9.64 Å². The van der Waals surface area contributed by atoms with Gasteiger partial charge in [-0.3, -0.25) is 4.79 Å². The van der Waals surface area contributed by atoms with E-state index in [0.717, 1.165) is 10.5 Å². The molecule has 1 aliphatic rings. The highest BCUT2D eigenvalue weighted by atomic mass is 19.3. The van der Waals surface area contributed by atoms with E-state index in [-0.39, 0.29) is 17.7 Å². The van der Waals surface area contributed by atoms with Gasteiger partial charge in [0.25, 0.3) is 5.91 Å². The zero-order valence-electron chi connectivity index (χ0n) is 12.9. The standard InChI is InChI=1S/C18H15F2NO3/c1-24-16(22)14-9-7-13(8-10-14)15-18(19,20)17(23)21(15)11-12-5-3-2-4-6-12/h2-10,15H,11H2,1H3. The molecule has 2 aromatic carbocycles. The third kappa shape index (κ3) is 2.64. The summed E-state index contributed by atoms with van der Waals surface area (Å²) in [5, 5.41) is 0. The number of nitrogens with zero attached hydrogens (tertiary/aromatic N) is 1. The predicted octanol–water partition coefficient (Wildman–Crippen LogP) is 3.19. The van der Waals surface area contributed by atoms with E-state index in [1.165, 1.54) is 31.4 Å². The largest absolute Gasteiger partial charge is 0.465 e. The molecule has 2 aromatic rings. The van der Waals surface area contributed by atoms with E-state index in [1.807, 2.05) is 6.07 Å². The molecule has 0 N–H and O–H groups in total. The number of carbonyl (C=O) groups excluding carboxylic acids is 2.